The van der Waals surface area contributed by atoms with E-state index < -0.39 is 5.82 Å². The number of para-hydroxylation sites is 1. The van der Waals surface area contributed by atoms with Crippen LogP contribution in [0.2, 0.25) is 0 Å². The molecule has 7 heteroatoms. The maximum Gasteiger partial charge on any atom is 0.165 e. The molecule has 0 amide bonds. The van der Waals surface area contributed by atoms with Crippen LogP contribution in [0.5, 0.6) is 0 Å². The Morgan fingerprint density at radius 1 is 1.11 bits per heavy atom. The van der Waals surface area contributed by atoms with Gasteiger partial charge >= 0.3 is 0 Å². The van der Waals surface area contributed by atoms with Crippen molar-refractivity contribution in [2.45, 2.75) is 6.42 Å². The quantitative estimate of drug-likeness (QED) is 0.534. The summed E-state index contributed by atoms with van der Waals surface area (Å²) in [6.07, 6.45) is 5.62. The number of halogens is 1. The van der Waals surface area contributed by atoms with Crippen LogP contribution in [0, 0.1) is 5.82 Å². The number of anilines is 2. The van der Waals surface area contributed by atoms with Gasteiger partial charge in [0, 0.05) is 55.6 Å². The predicted molar refractivity (Wildman–Crippen MR) is 110 cm³/mol. The standard InChI is InChI=1S/C21H21FN6/c1-28(2)20-10-19(26-21(27-20)15-9-16(22)13-23-11-15)24-8-7-14-12-25-18-6-4-3-5-17(14)18/h3-6,9-13,25H,7-8H2,1-2H3,(H,24,26,27). The number of nitrogens with one attached hydrogen (secondary N) is 2. The number of fused-ring (bicyclic) bond motifs is 1. The number of rotatable bonds is 6. The molecular formula is C21H21FN6. The van der Waals surface area contributed by atoms with Gasteiger partial charge in [-0.25, -0.2) is 14.4 Å². The molecule has 2 N–H and O–H groups in total. The summed E-state index contributed by atoms with van der Waals surface area (Å²) in [7, 11) is 3.82. The predicted octanol–water partition coefficient (Wildman–Crippen LogP) is 3.88. The van der Waals surface area contributed by atoms with Crippen molar-refractivity contribution in [3.63, 3.8) is 0 Å². The molecule has 0 saturated heterocycles. The molecule has 0 aliphatic rings. The first-order valence-corrected chi connectivity index (χ1v) is 9.06. The third-order valence-corrected chi connectivity index (χ3v) is 4.51. The molecule has 4 aromatic rings. The third kappa shape index (κ3) is 3.78. The number of aromatic amines is 1. The molecule has 6 nitrogen and oxygen atoms in total. The van der Waals surface area contributed by atoms with Crippen LogP contribution in [0.4, 0.5) is 16.0 Å². The molecule has 0 aliphatic heterocycles. The van der Waals surface area contributed by atoms with Crippen LogP contribution < -0.4 is 10.2 Å². The molecule has 3 aromatic heterocycles. The first-order chi connectivity index (χ1) is 13.6. The molecule has 0 bridgehead atoms. The highest BCUT2D eigenvalue weighted by Crippen LogP contribution is 2.22. The van der Waals surface area contributed by atoms with Crippen LogP contribution in [0.1, 0.15) is 5.56 Å². The van der Waals surface area contributed by atoms with Gasteiger partial charge in [0.05, 0.1) is 6.20 Å². The van der Waals surface area contributed by atoms with Crippen LogP contribution >= 0.6 is 0 Å². The van der Waals surface area contributed by atoms with Crippen molar-refractivity contribution in [3.8, 4) is 11.4 Å². The lowest BCUT2D eigenvalue weighted by atomic mass is 10.1. The normalized spacial score (nSPS) is 11.0. The summed E-state index contributed by atoms with van der Waals surface area (Å²) < 4.78 is 13.6. The molecule has 0 unspecified atom stereocenters. The summed E-state index contributed by atoms with van der Waals surface area (Å²) in [5, 5.41) is 4.59. The van der Waals surface area contributed by atoms with Crippen molar-refractivity contribution in [3.05, 3.63) is 66.4 Å². The van der Waals surface area contributed by atoms with Crippen LogP contribution in [-0.2, 0) is 6.42 Å². The van der Waals surface area contributed by atoms with Crippen LogP contribution in [0.15, 0.2) is 55.0 Å². The van der Waals surface area contributed by atoms with Gasteiger partial charge in [0.25, 0.3) is 0 Å². The van der Waals surface area contributed by atoms with Crippen LogP contribution in [0.25, 0.3) is 22.3 Å². The SMILES string of the molecule is CN(C)c1cc(NCCc2c[nH]c3ccccc23)nc(-c2cncc(F)c2)n1. The van der Waals surface area contributed by atoms with E-state index >= 15 is 0 Å². The summed E-state index contributed by atoms with van der Waals surface area (Å²) in [4.78, 5) is 18.1. The molecule has 0 radical (unpaired) electrons. The average Bonchev–Trinajstić information content (AvgIpc) is 3.11. The Kier molecular flexibility index (Phi) is 4.89. The van der Waals surface area contributed by atoms with Crippen molar-refractivity contribution < 1.29 is 4.39 Å². The summed E-state index contributed by atoms with van der Waals surface area (Å²) in [6, 6.07) is 11.5. The van der Waals surface area contributed by atoms with Gasteiger partial charge in [-0.3, -0.25) is 4.98 Å². The average molecular weight is 376 g/mol. The van der Waals surface area contributed by atoms with E-state index in [-0.39, 0.29) is 0 Å². The Labute approximate surface area is 162 Å². The van der Waals surface area contributed by atoms with Gasteiger partial charge in [-0.15, -0.1) is 0 Å². The summed E-state index contributed by atoms with van der Waals surface area (Å²) in [5.74, 6) is 1.46. The summed E-state index contributed by atoms with van der Waals surface area (Å²) >= 11 is 0. The second kappa shape index (κ2) is 7.64. The zero-order valence-electron chi connectivity index (χ0n) is 15.8. The smallest absolute Gasteiger partial charge is 0.165 e. The fraction of sp³-hybridized carbons (Fsp3) is 0.190. The molecule has 0 fully saturated rings. The second-order valence-corrected chi connectivity index (χ2v) is 6.76. The molecule has 3 heterocycles. The van der Waals surface area contributed by atoms with E-state index in [4.69, 9.17) is 0 Å². The van der Waals surface area contributed by atoms with Gasteiger partial charge in [-0.05, 0) is 24.1 Å². The van der Waals surface area contributed by atoms with Gasteiger partial charge in [-0.2, -0.15) is 0 Å². The first kappa shape index (κ1) is 17.9. The minimum absolute atomic E-state index is 0.412. The van der Waals surface area contributed by atoms with Crippen molar-refractivity contribution in [2.24, 2.45) is 0 Å². The maximum atomic E-state index is 13.6. The van der Waals surface area contributed by atoms with E-state index in [2.05, 4.69) is 37.4 Å². The number of benzene rings is 1. The van der Waals surface area contributed by atoms with E-state index in [0.29, 0.717) is 23.8 Å². The van der Waals surface area contributed by atoms with Gasteiger partial charge in [0.2, 0.25) is 0 Å². The van der Waals surface area contributed by atoms with Gasteiger partial charge in [0.1, 0.15) is 17.5 Å². The van der Waals surface area contributed by atoms with E-state index in [0.717, 1.165) is 17.8 Å². The van der Waals surface area contributed by atoms with Crippen molar-refractivity contribution >= 4 is 22.5 Å². The molecule has 142 valence electrons. The van der Waals surface area contributed by atoms with Crippen LogP contribution in [0.3, 0.4) is 0 Å². The molecule has 0 spiro atoms. The number of hydrogen-bond acceptors (Lipinski definition) is 5. The molecule has 28 heavy (non-hydrogen) atoms. The van der Waals surface area contributed by atoms with E-state index in [1.165, 1.54) is 23.2 Å². The summed E-state index contributed by atoms with van der Waals surface area (Å²) in [6.45, 7) is 0.715. The Bertz CT molecular complexity index is 1100. The fourth-order valence-electron chi connectivity index (χ4n) is 3.08. The van der Waals surface area contributed by atoms with Crippen molar-refractivity contribution in [2.75, 3.05) is 30.9 Å². The lowest BCUT2D eigenvalue weighted by Gasteiger charge is -2.15. The molecule has 1 aromatic carbocycles. The largest absolute Gasteiger partial charge is 0.370 e. The number of hydrogen-bond donors (Lipinski definition) is 2. The second-order valence-electron chi connectivity index (χ2n) is 6.76. The highest BCUT2D eigenvalue weighted by atomic mass is 19.1. The first-order valence-electron chi connectivity index (χ1n) is 9.06. The topological polar surface area (TPSA) is 69.7 Å². The lowest BCUT2D eigenvalue weighted by molar-refractivity contribution is 0.622. The zero-order valence-corrected chi connectivity index (χ0v) is 15.8. The minimum Gasteiger partial charge on any atom is -0.370 e. The van der Waals surface area contributed by atoms with E-state index in [9.17, 15) is 4.39 Å². The Morgan fingerprint density at radius 3 is 2.79 bits per heavy atom. The summed E-state index contributed by atoms with van der Waals surface area (Å²) in [5.41, 5.74) is 2.93. The fourth-order valence-corrected chi connectivity index (χ4v) is 3.08. The number of nitrogens with zero attached hydrogens (tertiary/aromatic N) is 4. The van der Waals surface area contributed by atoms with Gasteiger partial charge in [0.15, 0.2) is 5.82 Å². The van der Waals surface area contributed by atoms with Crippen molar-refractivity contribution in [1.82, 2.24) is 19.9 Å². The zero-order chi connectivity index (χ0) is 19.5. The molecule has 0 aliphatic carbocycles. The highest BCUT2D eigenvalue weighted by Gasteiger charge is 2.10. The van der Waals surface area contributed by atoms with Crippen LogP contribution in [-0.4, -0.2) is 40.6 Å². The van der Waals surface area contributed by atoms with E-state index in [1.54, 1.807) is 6.20 Å². The number of pyridine rings is 1. The highest BCUT2D eigenvalue weighted by molar-refractivity contribution is 5.83. The van der Waals surface area contributed by atoms with Crippen molar-refractivity contribution in [1.29, 1.82) is 0 Å². The van der Waals surface area contributed by atoms with Gasteiger partial charge < -0.3 is 15.2 Å². The number of H-pyrrole nitrogens is 1. The maximum absolute atomic E-state index is 13.6. The minimum atomic E-state index is -0.412. The molecule has 4 rings (SSSR count). The molecular weight excluding hydrogens is 355 g/mol. The molecule has 0 saturated carbocycles. The lowest BCUT2D eigenvalue weighted by Crippen LogP contribution is -2.14. The third-order valence-electron chi connectivity index (χ3n) is 4.51. The molecule has 0 atom stereocenters. The monoisotopic (exact) mass is 376 g/mol. The van der Waals surface area contributed by atoms with Gasteiger partial charge in [-0.1, -0.05) is 18.2 Å². The Balaban J connectivity index is 1.55. The van der Waals surface area contributed by atoms with E-state index in [1.807, 2.05) is 43.4 Å². The Morgan fingerprint density at radius 2 is 1.96 bits per heavy atom. The Hall–Kier alpha value is -3.48. The number of aromatic nitrogens is 4.